The lowest BCUT2D eigenvalue weighted by Crippen LogP contribution is -2.46. The first-order valence-electron chi connectivity index (χ1n) is 5.88. The van der Waals surface area contributed by atoms with Crippen molar-refractivity contribution in [2.75, 3.05) is 0 Å². The van der Waals surface area contributed by atoms with Gasteiger partial charge in [0.25, 0.3) is 0 Å². The smallest absolute Gasteiger partial charge is 0.441 e. The van der Waals surface area contributed by atoms with E-state index in [9.17, 15) is 22.8 Å². The summed E-state index contributed by atoms with van der Waals surface area (Å²) in [6.07, 6.45) is -7.04. The fraction of sp³-hybridized carbons (Fsp3) is 0.385. The fourth-order valence-electron chi connectivity index (χ4n) is 1.21. The summed E-state index contributed by atoms with van der Waals surface area (Å²) in [6, 6.07) is 6.98. The highest BCUT2D eigenvalue weighted by Crippen LogP contribution is 2.25. The Morgan fingerprint density at radius 2 is 1.57 bits per heavy atom. The maximum Gasteiger partial charge on any atom is 0.523 e. The molecule has 1 amide bonds. The summed E-state index contributed by atoms with van der Waals surface area (Å²) < 4.78 is 42.9. The molecule has 1 aromatic rings. The lowest BCUT2D eigenvalue weighted by molar-refractivity contribution is -0.327. The Bertz CT molecular complexity index is 508. The number of carbonyl (C=O) groups excluding carboxylic acids is 2. The number of hydroxylamine groups is 2. The minimum Gasteiger partial charge on any atom is -0.441 e. The van der Waals surface area contributed by atoms with Crippen molar-refractivity contribution >= 4 is 12.1 Å². The van der Waals surface area contributed by atoms with Crippen LogP contribution in [-0.4, -0.2) is 29.0 Å². The Labute approximate surface area is 119 Å². The van der Waals surface area contributed by atoms with Crippen LogP contribution in [0.1, 0.15) is 31.1 Å². The second-order valence-electron chi connectivity index (χ2n) is 4.99. The van der Waals surface area contributed by atoms with Gasteiger partial charge in [-0.1, -0.05) is 18.2 Å². The number of hydrogen-bond acceptors (Lipinski definition) is 4. The number of alkyl halides is 3. The fourth-order valence-corrected chi connectivity index (χ4v) is 1.21. The molecule has 0 atom stereocenters. The second-order valence-corrected chi connectivity index (χ2v) is 4.99. The average molecular weight is 305 g/mol. The number of carbonyl (C=O) groups is 2. The predicted octanol–water partition coefficient (Wildman–Crippen LogP) is 3.52. The van der Waals surface area contributed by atoms with Crippen LogP contribution in [0, 0.1) is 0 Å². The van der Waals surface area contributed by atoms with Crippen LogP contribution in [0.2, 0.25) is 0 Å². The van der Waals surface area contributed by atoms with E-state index in [0.29, 0.717) is 0 Å². The molecule has 0 aromatic heterocycles. The maximum atomic E-state index is 12.8. The topological polar surface area (TPSA) is 55.8 Å². The molecule has 0 fully saturated rings. The lowest BCUT2D eigenvalue weighted by atomic mass is 10.2. The maximum absolute atomic E-state index is 12.8. The first-order chi connectivity index (χ1) is 9.50. The third kappa shape index (κ3) is 5.33. The van der Waals surface area contributed by atoms with Gasteiger partial charge < -0.3 is 9.57 Å². The average Bonchev–Trinajstić information content (AvgIpc) is 2.33. The third-order valence-corrected chi connectivity index (χ3v) is 1.97. The molecule has 0 spiro atoms. The highest BCUT2D eigenvalue weighted by Gasteiger charge is 2.47. The van der Waals surface area contributed by atoms with Crippen molar-refractivity contribution in [2.45, 2.75) is 32.7 Å². The SMILES string of the molecule is CC(C)(C)OC(=O)N(OC(=O)c1ccccc1)C(F)(F)F. The summed E-state index contributed by atoms with van der Waals surface area (Å²) in [7, 11) is 0. The molecule has 0 aliphatic carbocycles. The minimum absolute atomic E-state index is 0.129. The van der Waals surface area contributed by atoms with Gasteiger partial charge in [-0.3, -0.25) is 0 Å². The lowest BCUT2D eigenvalue weighted by Gasteiger charge is -2.26. The Morgan fingerprint density at radius 3 is 2.00 bits per heavy atom. The van der Waals surface area contributed by atoms with Crippen molar-refractivity contribution in [3.63, 3.8) is 0 Å². The van der Waals surface area contributed by atoms with Crippen LogP contribution < -0.4 is 0 Å². The van der Waals surface area contributed by atoms with Crippen LogP contribution >= 0.6 is 0 Å². The molecule has 0 bridgehead atoms. The number of halogens is 3. The molecule has 0 saturated heterocycles. The van der Waals surface area contributed by atoms with Gasteiger partial charge in [0, 0.05) is 0 Å². The molecule has 5 nitrogen and oxygen atoms in total. The molecular weight excluding hydrogens is 291 g/mol. The van der Waals surface area contributed by atoms with E-state index in [1.54, 1.807) is 6.07 Å². The normalized spacial score (nSPS) is 11.7. The molecule has 0 N–H and O–H groups in total. The van der Waals surface area contributed by atoms with Crippen LogP contribution in [0.5, 0.6) is 0 Å². The van der Waals surface area contributed by atoms with Gasteiger partial charge in [-0.05, 0) is 38.0 Å². The molecule has 1 aromatic carbocycles. The Kier molecular flexibility index (Phi) is 4.82. The summed E-state index contributed by atoms with van der Waals surface area (Å²) in [5.41, 5.74) is -1.30. The Hall–Kier alpha value is -2.25. The van der Waals surface area contributed by atoms with E-state index in [0.717, 1.165) is 0 Å². The van der Waals surface area contributed by atoms with Crippen molar-refractivity contribution in [2.24, 2.45) is 0 Å². The molecule has 8 heteroatoms. The van der Waals surface area contributed by atoms with E-state index in [-0.39, 0.29) is 5.56 Å². The van der Waals surface area contributed by atoms with Crippen LogP contribution in [-0.2, 0) is 9.57 Å². The van der Waals surface area contributed by atoms with Gasteiger partial charge in [-0.15, -0.1) is 13.2 Å². The van der Waals surface area contributed by atoms with Gasteiger partial charge in [-0.2, -0.15) is 0 Å². The quantitative estimate of drug-likeness (QED) is 0.588. The van der Waals surface area contributed by atoms with Crippen molar-refractivity contribution in [1.82, 2.24) is 5.06 Å². The Balaban J connectivity index is 2.90. The zero-order valence-electron chi connectivity index (χ0n) is 11.6. The van der Waals surface area contributed by atoms with Gasteiger partial charge in [0.1, 0.15) is 5.60 Å². The molecule has 21 heavy (non-hydrogen) atoms. The van der Waals surface area contributed by atoms with Gasteiger partial charge in [0.15, 0.2) is 0 Å². The zero-order chi connectivity index (χ0) is 16.3. The number of ether oxygens (including phenoxy) is 1. The second kappa shape index (κ2) is 6.02. The van der Waals surface area contributed by atoms with E-state index in [1.165, 1.54) is 45.0 Å². The van der Waals surface area contributed by atoms with Crippen LogP contribution in [0.3, 0.4) is 0 Å². The standard InChI is InChI=1S/C13H14F3NO4/c1-12(2,3)20-11(19)17(13(14,15)16)21-10(18)9-7-5-4-6-8-9/h4-8H,1-3H3. The molecule has 0 aliphatic rings. The van der Waals surface area contributed by atoms with Crippen molar-refractivity contribution in [1.29, 1.82) is 0 Å². The van der Waals surface area contributed by atoms with E-state index >= 15 is 0 Å². The molecule has 0 heterocycles. The molecular formula is C13H14F3NO4. The Morgan fingerprint density at radius 1 is 1.05 bits per heavy atom. The van der Waals surface area contributed by atoms with E-state index in [2.05, 4.69) is 9.57 Å². The number of nitrogens with zero attached hydrogens (tertiary/aromatic N) is 1. The largest absolute Gasteiger partial charge is 0.523 e. The molecule has 0 radical (unpaired) electrons. The van der Waals surface area contributed by atoms with Gasteiger partial charge in [-0.25, -0.2) is 9.59 Å². The number of hydrogen-bond donors (Lipinski definition) is 0. The number of benzene rings is 1. The first kappa shape index (κ1) is 16.8. The summed E-state index contributed by atoms with van der Waals surface area (Å²) in [5, 5.41) is -1.03. The summed E-state index contributed by atoms with van der Waals surface area (Å²) in [4.78, 5) is 27.2. The monoisotopic (exact) mass is 305 g/mol. The summed E-state index contributed by atoms with van der Waals surface area (Å²) in [6.45, 7) is 4.16. The van der Waals surface area contributed by atoms with Gasteiger partial charge in [0.2, 0.25) is 0 Å². The molecule has 1 rings (SSSR count). The third-order valence-electron chi connectivity index (χ3n) is 1.97. The summed E-state index contributed by atoms with van der Waals surface area (Å²) in [5.74, 6) is -1.32. The number of amides is 1. The van der Waals surface area contributed by atoms with Crippen LogP contribution in [0.15, 0.2) is 30.3 Å². The highest BCUT2D eigenvalue weighted by molar-refractivity contribution is 5.89. The van der Waals surface area contributed by atoms with E-state index < -0.39 is 29.0 Å². The molecule has 0 unspecified atom stereocenters. The van der Waals surface area contributed by atoms with Gasteiger partial charge in [0.05, 0.1) is 5.56 Å². The van der Waals surface area contributed by atoms with Gasteiger partial charge >= 0.3 is 18.4 Å². The van der Waals surface area contributed by atoms with Crippen molar-refractivity contribution in [3.05, 3.63) is 35.9 Å². The zero-order valence-corrected chi connectivity index (χ0v) is 11.6. The molecule has 0 aliphatic heterocycles. The first-order valence-corrected chi connectivity index (χ1v) is 5.88. The van der Waals surface area contributed by atoms with Crippen LogP contribution in [0.4, 0.5) is 18.0 Å². The molecule has 116 valence electrons. The van der Waals surface area contributed by atoms with Crippen molar-refractivity contribution < 1.29 is 32.3 Å². The van der Waals surface area contributed by atoms with Crippen molar-refractivity contribution in [3.8, 4) is 0 Å². The van der Waals surface area contributed by atoms with E-state index in [4.69, 9.17) is 0 Å². The predicted molar refractivity (Wildman–Crippen MR) is 66.0 cm³/mol. The minimum atomic E-state index is -5.22. The summed E-state index contributed by atoms with van der Waals surface area (Å²) >= 11 is 0. The highest BCUT2D eigenvalue weighted by atomic mass is 19.4. The molecule has 0 saturated carbocycles. The van der Waals surface area contributed by atoms with E-state index in [1.807, 2.05) is 0 Å². The van der Waals surface area contributed by atoms with Crippen LogP contribution in [0.25, 0.3) is 0 Å². The number of rotatable bonds is 1.